The van der Waals surface area contributed by atoms with Crippen molar-refractivity contribution in [1.82, 2.24) is 9.78 Å². The molecule has 0 aliphatic carbocycles. The van der Waals surface area contributed by atoms with E-state index in [2.05, 4.69) is 12.0 Å². The van der Waals surface area contributed by atoms with Crippen molar-refractivity contribution in [1.29, 1.82) is 0 Å². The van der Waals surface area contributed by atoms with Gasteiger partial charge in [0.15, 0.2) is 0 Å². The molecule has 4 heteroatoms. The smallest absolute Gasteiger partial charge is 0.119 e. The predicted molar refractivity (Wildman–Crippen MR) is 63.7 cm³/mol. The molecule has 0 atom stereocenters. The number of aryl methyl sites for hydroxylation is 1. The molecule has 0 aliphatic rings. The molecule has 0 spiro atoms. The number of hydrogen-bond donors (Lipinski definition) is 0. The highest BCUT2D eigenvalue weighted by Gasteiger charge is 1.99. The lowest BCUT2D eigenvalue weighted by atomic mass is 10.3. The molecular weight excluding hydrogens is 224 g/mol. The standard InChI is InChI=1S/C12H13ClN2O/c1-2-15-8-10(7-14-15)9-16-12-5-3-11(13)4-6-12/h3-8H,2,9H2,1H3. The Morgan fingerprint density at radius 1 is 1.31 bits per heavy atom. The number of hydrogen-bond acceptors (Lipinski definition) is 2. The van der Waals surface area contributed by atoms with Gasteiger partial charge in [0.1, 0.15) is 12.4 Å². The summed E-state index contributed by atoms with van der Waals surface area (Å²) in [7, 11) is 0. The van der Waals surface area contributed by atoms with Gasteiger partial charge in [-0.05, 0) is 31.2 Å². The fourth-order valence-electron chi connectivity index (χ4n) is 1.35. The first-order chi connectivity index (χ1) is 7.78. The van der Waals surface area contributed by atoms with Gasteiger partial charge >= 0.3 is 0 Å². The van der Waals surface area contributed by atoms with E-state index in [1.54, 1.807) is 0 Å². The highest BCUT2D eigenvalue weighted by molar-refractivity contribution is 6.30. The Labute approximate surface area is 99.6 Å². The number of benzene rings is 1. The summed E-state index contributed by atoms with van der Waals surface area (Å²) in [5, 5.41) is 4.89. The van der Waals surface area contributed by atoms with E-state index < -0.39 is 0 Å². The van der Waals surface area contributed by atoms with E-state index >= 15 is 0 Å². The van der Waals surface area contributed by atoms with Crippen LogP contribution in [-0.4, -0.2) is 9.78 Å². The van der Waals surface area contributed by atoms with Crippen molar-refractivity contribution in [2.24, 2.45) is 0 Å². The minimum atomic E-state index is 0.529. The maximum atomic E-state index is 5.78. The Balaban J connectivity index is 1.94. The summed E-state index contributed by atoms with van der Waals surface area (Å²) in [5.74, 6) is 0.814. The van der Waals surface area contributed by atoms with Crippen LogP contribution < -0.4 is 4.74 Å². The van der Waals surface area contributed by atoms with E-state index in [1.807, 2.05) is 41.3 Å². The zero-order valence-corrected chi connectivity index (χ0v) is 9.81. The number of aromatic nitrogens is 2. The van der Waals surface area contributed by atoms with Gasteiger partial charge < -0.3 is 4.74 Å². The molecule has 0 amide bonds. The lowest BCUT2D eigenvalue weighted by Crippen LogP contribution is -1.95. The van der Waals surface area contributed by atoms with Crippen LogP contribution in [0.4, 0.5) is 0 Å². The molecular formula is C12H13ClN2O. The molecule has 3 nitrogen and oxygen atoms in total. The van der Waals surface area contributed by atoms with Crippen LogP contribution in [0.25, 0.3) is 0 Å². The summed E-state index contributed by atoms with van der Waals surface area (Å²) in [4.78, 5) is 0. The number of nitrogens with zero attached hydrogens (tertiary/aromatic N) is 2. The molecule has 0 saturated heterocycles. The predicted octanol–water partition coefficient (Wildman–Crippen LogP) is 3.14. The first-order valence-electron chi connectivity index (χ1n) is 5.17. The molecule has 0 bridgehead atoms. The summed E-state index contributed by atoms with van der Waals surface area (Å²) in [6.07, 6.45) is 3.80. The molecule has 2 rings (SSSR count). The van der Waals surface area contributed by atoms with Gasteiger partial charge in [-0.25, -0.2) is 0 Å². The minimum absolute atomic E-state index is 0.529. The van der Waals surface area contributed by atoms with Crippen LogP contribution in [-0.2, 0) is 13.2 Å². The molecule has 0 fully saturated rings. The van der Waals surface area contributed by atoms with Crippen molar-refractivity contribution in [3.63, 3.8) is 0 Å². The summed E-state index contributed by atoms with van der Waals surface area (Å²) in [5.41, 5.74) is 1.07. The molecule has 1 aromatic carbocycles. The summed E-state index contributed by atoms with van der Waals surface area (Å²) < 4.78 is 7.47. The first-order valence-corrected chi connectivity index (χ1v) is 5.55. The van der Waals surface area contributed by atoms with Crippen LogP contribution in [0.3, 0.4) is 0 Å². The molecule has 0 N–H and O–H groups in total. The van der Waals surface area contributed by atoms with Crippen molar-refractivity contribution < 1.29 is 4.74 Å². The van der Waals surface area contributed by atoms with Crippen molar-refractivity contribution in [2.45, 2.75) is 20.1 Å². The van der Waals surface area contributed by atoms with Gasteiger partial charge in [0.2, 0.25) is 0 Å². The monoisotopic (exact) mass is 236 g/mol. The van der Waals surface area contributed by atoms with E-state index in [4.69, 9.17) is 16.3 Å². The maximum Gasteiger partial charge on any atom is 0.119 e. The van der Waals surface area contributed by atoms with Crippen molar-refractivity contribution >= 4 is 11.6 Å². The van der Waals surface area contributed by atoms with E-state index in [1.165, 1.54) is 0 Å². The third kappa shape index (κ3) is 2.76. The number of halogens is 1. The molecule has 1 heterocycles. The molecule has 1 aromatic heterocycles. The maximum absolute atomic E-state index is 5.78. The van der Waals surface area contributed by atoms with Crippen molar-refractivity contribution in [2.75, 3.05) is 0 Å². The van der Waals surface area contributed by atoms with Crippen LogP contribution >= 0.6 is 11.6 Å². The average molecular weight is 237 g/mol. The van der Waals surface area contributed by atoms with E-state index in [-0.39, 0.29) is 0 Å². The van der Waals surface area contributed by atoms with Crippen LogP contribution in [0.2, 0.25) is 5.02 Å². The fraction of sp³-hybridized carbons (Fsp3) is 0.250. The molecule has 0 radical (unpaired) electrons. The first kappa shape index (κ1) is 11.0. The largest absolute Gasteiger partial charge is 0.489 e. The van der Waals surface area contributed by atoms with Crippen LogP contribution in [0.15, 0.2) is 36.7 Å². The zero-order valence-electron chi connectivity index (χ0n) is 9.06. The molecule has 2 aromatic rings. The quantitative estimate of drug-likeness (QED) is 0.816. The second kappa shape index (κ2) is 5.03. The lowest BCUT2D eigenvalue weighted by Gasteiger charge is -2.03. The number of rotatable bonds is 4. The van der Waals surface area contributed by atoms with Gasteiger partial charge in [-0.15, -0.1) is 0 Å². The Hall–Kier alpha value is -1.48. The van der Waals surface area contributed by atoms with Gasteiger partial charge in [-0.2, -0.15) is 5.10 Å². The van der Waals surface area contributed by atoms with Gasteiger partial charge in [0.25, 0.3) is 0 Å². The van der Waals surface area contributed by atoms with Crippen molar-refractivity contribution in [3.8, 4) is 5.75 Å². The van der Waals surface area contributed by atoms with Gasteiger partial charge in [0.05, 0.1) is 6.20 Å². The Morgan fingerprint density at radius 2 is 2.06 bits per heavy atom. The molecule has 16 heavy (non-hydrogen) atoms. The van der Waals surface area contributed by atoms with E-state index in [9.17, 15) is 0 Å². The highest BCUT2D eigenvalue weighted by atomic mass is 35.5. The third-order valence-corrected chi connectivity index (χ3v) is 2.48. The van der Waals surface area contributed by atoms with Gasteiger partial charge in [-0.3, -0.25) is 4.68 Å². The topological polar surface area (TPSA) is 27.1 Å². The second-order valence-corrected chi connectivity index (χ2v) is 3.88. The fourth-order valence-corrected chi connectivity index (χ4v) is 1.48. The van der Waals surface area contributed by atoms with Gasteiger partial charge in [0, 0.05) is 23.3 Å². The Kier molecular flexibility index (Phi) is 3.47. The highest BCUT2D eigenvalue weighted by Crippen LogP contribution is 2.16. The summed E-state index contributed by atoms with van der Waals surface area (Å²) in [6, 6.07) is 7.33. The van der Waals surface area contributed by atoms with Crippen LogP contribution in [0, 0.1) is 0 Å². The molecule has 0 saturated carbocycles. The number of ether oxygens (including phenoxy) is 1. The Morgan fingerprint density at radius 3 is 2.69 bits per heavy atom. The lowest BCUT2D eigenvalue weighted by molar-refractivity contribution is 0.306. The Bertz CT molecular complexity index is 450. The molecule has 84 valence electrons. The SMILES string of the molecule is CCn1cc(COc2ccc(Cl)cc2)cn1. The van der Waals surface area contributed by atoms with Crippen molar-refractivity contribution in [3.05, 3.63) is 47.2 Å². The van der Waals surface area contributed by atoms with E-state index in [0.29, 0.717) is 11.6 Å². The van der Waals surface area contributed by atoms with E-state index in [0.717, 1.165) is 17.9 Å². The summed E-state index contributed by atoms with van der Waals surface area (Å²) >= 11 is 5.78. The second-order valence-electron chi connectivity index (χ2n) is 3.45. The minimum Gasteiger partial charge on any atom is -0.489 e. The van der Waals surface area contributed by atoms with Crippen LogP contribution in [0.1, 0.15) is 12.5 Å². The van der Waals surface area contributed by atoms with Crippen LogP contribution in [0.5, 0.6) is 5.75 Å². The molecule has 0 unspecified atom stereocenters. The third-order valence-electron chi connectivity index (χ3n) is 2.23. The molecule has 0 aliphatic heterocycles. The zero-order chi connectivity index (χ0) is 11.4. The summed E-state index contributed by atoms with van der Waals surface area (Å²) in [6.45, 7) is 3.46. The van der Waals surface area contributed by atoms with Gasteiger partial charge in [-0.1, -0.05) is 11.6 Å². The average Bonchev–Trinajstić information content (AvgIpc) is 2.76. The normalized spacial score (nSPS) is 10.4.